The van der Waals surface area contributed by atoms with Crippen molar-refractivity contribution < 1.29 is 0 Å². The van der Waals surface area contributed by atoms with Gasteiger partial charge >= 0.3 is 0 Å². The molecule has 6 heterocycles. The summed E-state index contributed by atoms with van der Waals surface area (Å²) in [6, 6.07) is 0. The van der Waals surface area contributed by atoms with Crippen LogP contribution in [0, 0.1) is 125 Å². The molecule has 6 aromatic carbocycles. The van der Waals surface area contributed by atoms with Crippen LogP contribution in [0.3, 0.4) is 0 Å². The summed E-state index contributed by atoms with van der Waals surface area (Å²) in [5.74, 6) is 3.79. The van der Waals surface area contributed by atoms with Gasteiger partial charge in [0.2, 0.25) is 0 Å². The summed E-state index contributed by atoms with van der Waals surface area (Å²) in [5, 5.41) is 0. The predicted octanol–water partition coefficient (Wildman–Crippen LogP) is 22.9. The highest BCUT2D eigenvalue weighted by molar-refractivity contribution is 5.73. The van der Waals surface area contributed by atoms with E-state index in [0.717, 1.165) is 26.2 Å². The van der Waals surface area contributed by atoms with Gasteiger partial charge in [-0.25, -0.2) is 0 Å². The minimum absolute atomic E-state index is 0. The molecule has 0 radical (unpaired) electrons. The van der Waals surface area contributed by atoms with E-state index < -0.39 is 0 Å². The van der Waals surface area contributed by atoms with Crippen LogP contribution in [-0.2, 0) is 51.9 Å². The van der Waals surface area contributed by atoms with Crippen LogP contribution < -0.4 is 19.6 Å². The maximum atomic E-state index is 2.43. The van der Waals surface area contributed by atoms with Crippen LogP contribution >= 0.6 is 0 Å². The first-order valence-electron chi connectivity index (χ1n) is 37.6. The number of anilines is 4. The zero-order chi connectivity index (χ0) is 72.2. The SMILES string of the molecule is C.Cc1c(C)c(C(C)C)c(C)c2c1CCN2C.Cc1c(C)c(C(C)C)c(C)c2c1CN(C)C2.Cc1c(C)c(C(C)C)c2c(c1C)N(C)CC2.Cc1c(C)c2c(c(C(C)C)c1C)CN(C)C2.Cc1c(C)c2c(c(C(C)C)c1C)N(C)CC2.Cc1c(C)c2c(c(C)c1C(C)C)CCN2C. The van der Waals surface area contributed by atoms with E-state index in [0.29, 0.717) is 35.5 Å². The Balaban J connectivity index is 0.000000183. The molecule has 97 heavy (non-hydrogen) atoms. The molecule has 0 spiro atoms. The number of benzene rings is 6. The second-order valence-corrected chi connectivity index (χ2v) is 32.9. The standard InChI is InChI=1S/6C15H23N.CH4/c1-9(2)15-11(4)10(3)13-7-16(6)8-14(13)12(15)5;1-9(2)15-12(5)10(3)11(4)13-7-16(6)8-14(13)15;1-9(2)14-10(3)11(4)15-13(12(14)5)7-8-16(15)6;1-9(2)14-11(4)10(3)13-7-8-16(6)15(13)12(14)5;1-9(2)14-11(4)10(3)12(5)15-13(14)7-8-16(15)6;1-9(2)14-12(5)10(3)11(4)13-7-8-16(6)15(13)14;/h6*9H,7-8H2,1-6H3;1H4. The molecule has 0 fully saturated rings. The molecule has 12 rings (SSSR count). The quantitative estimate of drug-likeness (QED) is 0.164. The van der Waals surface area contributed by atoms with Gasteiger partial charge in [-0.15, -0.1) is 0 Å². The fraction of sp³-hybridized carbons (Fsp3) is 0.604. The van der Waals surface area contributed by atoms with Gasteiger partial charge in [0, 0.05) is 103 Å². The second kappa shape index (κ2) is 32.0. The smallest absolute Gasteiger partial charge is 0.0437 e. The maximum Gasteiger partial charge on any atom is 0.0437 e. The largest absolute Gasteiger partial charge is 0.374 e. The van der Waals surface area contributed by atoms with Crippen molar-refractivity contribution in [1.82, 2.24) is 9.80 Å². The molecule has 0 aliphatic carbocycles. The van der Waals surface area contributed by atoms with Crippen LogP contribution in [-0.4, -0.2) is 78.3 Å². The molecule has 0 unspecified atom stereocenters. The molecule has 6 aliphatic heterocycles. The molecule has 6 heteroatoms. The first-order chi connectivity index (χ1) is 44.6. The molecule has 0 amide bonds. The number of likely N-dealkylation sites (N-methyl/N-ethyl adjacent to an activating group) is 4. The average molecular weight is 1320 g/mol. The van der Waals surface area contributed by atoms with Crippen LogP contribution in [0.5, 0.6) is 0 Å². The van der Waals surface area contributed by atoms with Gasteiger partial charge in [0.25, 0.3) is 0 Å². The number of fused-ring (bicyclic) bond motifs is 6. The van der Waals surface area contributed by atoms with E-state index in [2.05, 4.69) is 279 Å². The Hall–Kier alpha value is -5.56. The molecule has 0 N–H and O–H groups in total. The van der Waals surface area contributed by atoms with Crippen LogP contribution in [0.15, 0.2) is 0 Å². The fourth-order valence-corrected chi connectivity index (χ4v) is 19.2. The zero-order valence-corrected chi connectivity index (χ0v) is 68.6. The molecule has 0 saturated heterocycles. The van der Waals surface area contributed by atoms with Gasteiger partial charge < -0.3 is 19.6 Å². The van der Waals surface area contributed by atoms with Gasteiger partial charge in [-0.2, -0.15) is 0 Å². The summed E-state index contributed by atoms with van der Waals surface area (Å²) in [7, 11) is 13.3. The van der Waals surface area contributed by atoms with Crippen molar-refractivity contribution in [3.63, 3.8) is 0 Å². The van der Waals surface area contributed by atoms with Crippen molar-refractivity contribution >= 4 is 22.7 Å². The molecule has 6 nitrogen and oxygen atoms in total. The number of hydrogen-bond donors (Lipinski definition) is 0. The molecule has 536 valence electrons. The van der Waals surface area contributed by atoms with Crippen molar-refractivity contribution in [2.45, 2.75) is 303 Å². The number of rotatable bonds is 6. The van der Waals surface area contributed by atoms with Crippen LogP contribution in [0.2, 0.25) is 0 Å². The van der Waals surface area contributed by atoms with E-state index in [1.54, 1.807) is 77.9 Å². The molecular formula is C91H142N6. The molecule has 6 aliphatic rings. The molecular weight excluding hydrogens is 1180 g/mol. The first kappa shape index (κ1) is 80.4. The Morgan fingerprint density at radius 2 is 0.412 bits per heavy atom. The normalized spacial score (nSPS) is 15.0. The van der Waals surface area contributed by atoms with Gasteiger partial charge in [-0.3, -0.25) is 9.80 Å². The molecule has 0 bridgehead atoms. The van der Waals surface area contributed by atoms with Crippen LogP contribution in [0.4, 0.5) is 22.7 Å². The monoisotopic (exact) mass is 1320 g/mol. The van der Waals surface area contributed by atoms with Crippen molar-refractivity contribution in [3.8, 4) is 0 Å². The summed E-state index contributed by atoms with van der Waals surface area (Å²) in [6.07, 6.45) is 4.88. The van der Waals surface area contributed by atoms with Crippen molar-refractivity contribution in [3.05, 3.63) is 178 Å². The lowest BCUT2D eigenvalue weighted by Gasteiger charge is -2.24. The minimum atomic E-state index is 0. The van der Waals surface area contributed by atoms with Crippen molar-refractivity contribution in [1.29, 1.82) is 0 Å². The van der Waals surface area contributed by atoms with Gasteiger partial charge in [0.05, 0.1) is 0 Å². The highest BCUT2D eigenvalue weighted by Crippen LogP contribution is 2.46. The lowest BCUT2D eigenvalue weighted by atomic mass is 9.85. The Morgan fingerprint density at radius 1 is 0.196 bits per heavy atom. The first-order valence-corrected chi connectivity index (χ1v) is 37.6. The van der Waals surface area contributed by atoms with Crippen molar-refractivity contribution in [2.24, 2.45) is 0 Å². The highest BCUT2D eigenvalue weighted by atomic mass is 15.1. The summed E-state index contributed by atoms with van der Waals surface area (Å²) >= 11 is 0. The summed E-state index contributed by atoms with van der Waals surface area (Å²) < 4.78 is 0. The molecule has 0 atom stereocenters. The number of nitrogens with zero attached hydrogens (tertiary/aromatic N) is 6. The highest BCUT2D eigenvalue weighted by Gasteiger charge is 2.31. The third-order valence-electron chi connectivity index (χ3n) is 24.7. The van der Waals surface area contributed by atoms with Crippen LogP contribution in [0.1, 0.15) is 304 Å². The Kier molecular flexibility index (Phi) is 26.5. The zero-order valence-electron chi connectivity index (χ0n) is 68.6. The Bertz CT molecular complexity index is 3870. The Labute approximate surface area is 597 Å². The summed E-state index contributed by atoms with van der Waals surface area (Å²) in [6.45, 7) is 78.1. The van der Waals surface area contributed by atoms with E-state index >= 15 is 0 Å². The lowest BCUT2D eigenvalue weighted by molar-refractivity contribution is 0.352. The second-order valence-electron chi connectivity index (χ2n) is 32.9. The summed E-state index contributed by atoms with van der Waals surface area (Å²) in [4.78, 5) is 14.5. The predicted molar refractivity (Wildman–Crippen MR) is 433 cm³/mol. The van der Waals surface area contributed by atoms with E-state index in [4.69, 9.17) is 0 Å². The van der Waals surface area contributed by atoms with Gasteiger partial charge in [-0.05, 0) is 378 Å². The lowest BCUT2D eigenvalue weighted by Crippen LogP contribution is -2.15. The van der Waals surface area contributed by atoms with E-state index in [1.165, 1.54) is 175 Å². The molecule has 0 saturated carbocycles. The molecule has 6 aromatic rings. The van der Waals surface area contributed by atoms with Gasteiger partial charge in [0.15, 0.2) is 0 Å². The topological polar surface area (TPSA) is 19.4 Å². The van der Waals surface area contributed by atoms with Crippen LogP contribution in [0.25, 0.3) is 0 Å². The maximum absolute atomic E-state index is 2.43. The Morgan fingerprint density at radius 3 is 0.825 bits per heavy atom. The van der Waals surface area contributed by atoms with E-state index in [-0.39, 0.29) is 7.43 Å². The van der Waals surface area contributed by atoms with Crippen molar-refractivity contribution in [2.75, 3.05) is 88.1 Å². The van der Waals surface area contributed by atoms with E-state index in [9.17, 15) is 0 Å². The number of hydrogen-bond acceptors (Lipinski definition) is 6. The third-order valence-corrected chi connectivity index (χ3v) is 24.7. The third kappa shape index (κ3) is 15.4. The van der Waals surface area contributed by atoms with E-state index in [1.807, 2.05) is 0 Å². The average Bonchev–Trinajstić information content (AvgIpc) is 1.75. The fourth-order valence-electron chi connectivity index (χ4n) is 19.2. The van der Waals surface area contributed by atoms with Gasteiger partial charge in [0.1, 0.15) is 0 Å². The summed E-state index contributed by atoms with van der Waals surface area (Å²) in [5.41, 5.74) is 55.4. The van der Waals surface area contributed by atoms with Gasteiger partial charge in [-0.1, -0.05) is 90.5 Å². The minimum Gasteiger partial charge on any atom is -0.374 e. The molecule has 0 aromatic heterocycles.